The summed E-state index contributed by atoms with van der Waals surface area (Å²) < 4.78 is 13.5. The van der Waals surface area contributed by atoms with Crippen molar-refractivity contribution in [1.29, 1.82) is 0 Å². The lowest BCUT2D eigenvalue weighted by Crippen LogP contribution is -2.38. The number of nitrogens with zero attached hydrogens (tertiary/aromatic N) is 1. The molecule has 2 N–H and O–H groups in total. The number of hydrogen-bond donors (Lipinski definition) is 2. The summed E-state index contributed by atoms with van der Waals surface area (Å²) in [4.78, 5) is 2.48. The predicted octanol–water partition coefficient (Wildman–Crippen LogP) is 3.06. The minimum Gasteiger partial charge on any atom is -0.508 e. The van der Waals surface area contributed by atoms with E-state index in [2.05, 4.69) is 17.1 Å². The van der Waals surface area contributed by atoms with Crippen LogP contribution in [0.15, 0.2) is 18.2 Å². The Morgan fingerprint density at radius 3 is 2.67 bits per heavy atom. The van der Waals surface area contributed by atoms with E-state index in [1.807, 2.05) is 0 Å². The second kappa shape index (κ2) is 6.32. The van der Waals surface area contributed by atoms with E-state index in [9.17, 15) is 9.50 Å². The van der Waals surface area contributed by atoms with E-state index in [0.717, 1.165) is 25.2 Å². The van der Waals surface area contributed by atoms with Crippen LogP contribution >= 0.6 is 0 Å². The van der Waals surface area contributed by atoms with Crippen molar-refractivity contribution in [2.24, 2.45) is 5.92 Å². The fraction of sp³-hybridized carbons (Fsp3) is 0.647. The van der Waals surface area contributed by atoms with Crippen LogP contribution in [-0.4, -0.2) is 35.7 Å². The summed E-state index contributed by atoms with van der Waals surface area (Å²) in [6.45, 7) is 5.35. The van der Waals surface area contributed by atoms with Crippen LogP contribution in [0.2, 0.25) is 0 Å². The Morgan fingerprint density at radius 1 is 1.29 bits per heavy atom. The zero-order chi connectivity index (χ0) is 14.8. The molecule has 1 aliphatic carbocycles. The number of phenols is 1. The van der Waals surface area contributed by atoms with Crippen molar-refractivity contribution in [3.05, 3.63) is 29.6 Å². The lowest BCUT2D eigenvalue weighted by molar-refractivity contribution is 0.150. The number of benzene rings is 1. The molecular weight excluding hydrogens is 267 g/mol. The normalized spacial score (nSPS) is 21.7. The fourth-order valence-corrected chi connectivity index (χ4v) is 3.43. The molecule has 0 spiro atoms. The van der Waals surface area contributed by atoms with Crippen LogP contribution in [0.5, 0.6) is 5.75 Å². The van der Waals surface area contributed by atoms with E-state index in [-0.39, 0.29) is 17.6 Å². The highest BCUT2D eigenvalue weighted by molar-refractivity contribution is 5.35. The summed E-state index contributed by atoms with van der Waals surface area (Å²) in [7, 11) is 0. The number of rotatable bonds is 5. The average Bonchev–Trinajstić information content (AvgIpc) is 3.32. The zero-order valence-electron chi connectivity index (χ0n) is 12.7. The largest absolute Gasteiger partial charge is 0.508 e. The highest BCUT2D eigenvalue weighted by atomic mass is 19.1. The third-order valence-corrected chi connectivity index (χ3v) is 4.88. The highest BCUT2D eigenvalue weighted by Gasteiger charge is 2.35. The van der Waals surface area contributed by atoms with Crippen LogP contribution in [0.1, 0.15) is 44.2 Å². The van der Waals surface area contributed by atoms with Crippen molar-refractivity contribution in [2.45, 2.75) is 44.7 Å². The van der Waals surface area contributed by atoms with Gasteiger partial charge in [-0.25, -0.2) is 4.39 Å². The van der Waals surface area contributed by atoms with Gasteiger partial charge in [0, 0.05) is 24.2 Å². The molecule has 1 aromatic carbocycles. The number of aromatic hydroxyl groups is 1. The molecule has 3 rings (SSSR count). The molecule has 1 aromatic rings. The van der Waals surface area contributed by atoms with Crippen molar-refractivity contribution in [3.63, 3.8) is 0 Å². The first kappa shape index (κ1) is 14.8. The van der Waals surface area contributed by atoms with Gasteiger partial charge in [-0.1, -0.05) is 0 Å². The monoisotopic (exact) mass is 292 g/mol. The smallest absolute Gasteiger partial charge is 0.123 e. The zero-order valence-corrected chi connectivity index (χ0v) is 12.7. The first-order valence-corrected chi connectivity index (χ1v) is 8.10. The van der Waals surface area contributed by atoms with Crippen LogP contribution in [0.3, 0.4) is 0 Å². The Kier molecular flexibility index (Phi) is 4.45. The van der Waals surface area contributed by atoms with Gasteiger partial charge >= 0.3 is 0 Å². The Morgan fingerprint density at radius 2 is 2.00 bits per heavy atom. The Balaban J connectivity index is 1.74. The molecule has 0 aromatic heterocycles. The Labute approximate surface area is 126 Å². The summed E-state index contributed by atoms with van der Waals surface area (Å²) in [6.07, 6.45) is 4.88. The molecule has 21 heavy (non-hydrogen) atoms. The lowest BCUT2D eigenvalue weighted by atomic mass is 9.95. The molecule has 1 atom stereocenters. The minimum atomic E-state index is -0.271. The van der Waals surface area contributed by atoms with Crippen molar-refractivity contribution >= 4 is 0 Å². The topological polar surface area (TPSA) is 35.5 Å². The number of halogens is 1. The molecule has 116 valence electrons. The lowest BCUT2D eigenvalue weighted by Gasteiger charge is -2.34. The van der Waals surface area contributed by atoms with E-state index < -0.39 is 0 Å². The molecular formula is C17H25FN2O. The SMILES string of the molecule is CC(c1cc(F)ccc1O)N(CC1CCNCC1)C1CC1. The molecule has 0 radical (unpaired) electrons. The molecule has 1 saturated carbocycles. The van der Waals surface area contributed by atoms with E-state index in [1.165, 1.54) is 43.9 Å². The van der Waals surface area contributed by atoms with Gasteiger partial charge < -0.3 is 10.4 Å². The molecule has 2 fully saturated rings. The summed E-state index contributed by atoms with van der Waals surface area (Å²) in [5, 5.41) is 13.5. The number of phenolic OH excluding ortho intramolecular Hbond substituents is 1. The summed E-state index contributed by atoms with van der Waals surface area (Å²) >= 11 is 0. The van der Waals surface area contributed by atoms with Gasteiger partial charge in [0.2, 0.25) is 0 Å². The van der Waals surface area contributed by atoms with Gasteiger partial charge in [0.1, 0.15) is 11.6 Å². The Bertz CT molecular complexity index is 484. The summed E-state index contributed by atoms with van der Waals surface area (Å²) in [6, 6.07) is 4.95. The van der Waals surface area contributed by atoms with Crippen molar-refractivity contribution in [3.8, 4) is 5.75 Å². The number of nitrogens with one attached hydrogen (secondary N) is 1. The van der Waals surface area contributed by atoms with Gasteiger partial charge in [-0.15, -0.1) is 0 Å². The third kappa shape index (κ3) is 3.55. The molecule has 1 heterocycles. The average molecular weight is 292 g/mol. The quantitative estimate of drug-likeness (QED) is 0.875. The predicted molar refractivity (Wildman–Crippen MR) is 81.8 cm³/mol. The summed E-state index contributed by atoms with van der Waals surface area (Å²) in [5.41, 5.74) is 0.718. The van der Waals surface area contributed by atoms with Crippen LogP contribution in [0.4, 0.5) is 4.39 Å². The van der Waals surface area contributed by atoms with Crippen LogP contribution in [-0.2, 0) is 0 Å². The van der Waals surface area contributed by atoms with Gasteiger partial charge in [0.05, 0.1) is 0 Å². The van der Waals surface area contributed by atoms with E-state index >= 15 is 0 Å². The third-order valence-electron chi connectivity index (χ3n) is 4.88. The minimum absolute atomic E-state index is 0.0723. The van der Waals surface area contributed by atoms with Gasteiger partial charge in [-0.3, -0.25) is 4.90 Å². The molecule has 1 unspecified atom stereocenters. The van der Waals surface area contributed by atoms with Gasteiger partial charge in [0.25, 0.3) is 0 Å². The first-order chi connectivity index (χ1) is 10.1. The van der Waals surface area contributed by atoms with Gasteiger partial charge in [-0.2, -0.15) is 0 Å². The molecule has 0 amide bonds. The second-order valence-corrected chi connectivity index (χ2v) is 6.50. The van der Waals surface area contributed by atoms with Crippen molar-refractivity contribution in [1.82, 2.24) is 10.2 Å². The molecule has 1 saturated heterocycles. The molecule has 4 heteroatoms. The molecule has 2 aliphatic rings. The number of piperidine rings is 1. The first-order valence-electron chi connectivity index (χ1n) is 8.10. The van der Waals surface area contributed by atoms with Crippen LogP contribution in [0.25, 0.3) is 0 Å². The van der Waals surface area contributed by atoms with Crippen molar-refractivity contribution in [2.75, 3.05) is 19.6 Å². The van der Waals surface area contributed by atoms with Gasteiger partial charge in [-0.05, 0) is 69.8 Å². The second-order valence-electron chi connectivity index (χ2n) is 6.50. The maximum absolute atomic E-state index is 13.5. The molecule has 1 aliphatic heterocycles. The maximum Gasteiger partial charge on any atom is 0.123 e. The van der Waals surface area contributed by atoms with Gasteiger partial charge in [0.15, 0.2) is 0 Å². The van der Waals surface area contributed by atoms with Crippen LogP contribution in [0, 0.1) is 11.7 Å². The standard InChI is InChI=1S/C17H25FN2O/c1-12(16-10-14(18)2-5-17(16)21)20(15-3-4-15)11-13-6-8-19-9-7-13/h2,5,10,12-13,15,19,21H,3-4,6-9,11H2,1H3. The number of hydrogen-bond acceptors (Lipinski definition) is 3. The Hall–Kier alpha value is -1.13. The van der Waals surface area contributed by atoms with Crippen LogP contribution < -0.4 is 5.32 Å². The fourth-order valence-electron chi connectivity index (χ4n) is 3.43. The summed E-state index contributed by atoms with van der Waals surface area (Å²) in [5.74, 6) is 0.650. The van der Waals surface area contributed by atoms with E-state index in [0.29, 0.717) is 12.0 Å². The van der Waals surface area contributed by atoms with Crippen molar-refractivity contribution < 1.29 is 9.50 Å². The van der Waals surface area contributed by atoms with E-state index in [4.69, 9.17) is 0 Å². The molecule has 3 nitrogen and oxygen atoms in total. The highest BCUT2D eigenvalue weighted by Crippen LogP contribution is 2.38. The maximum atomic E-state index is 13.5. The molecule has 0 bridgehead atoms. The van der Waals surface area contributed by atoms with E-state index in [1.54, 1.807) is 0 Å².